The average molecular weight is 275 g/mol. The summed E-state index contributed by atoms with van der Waals surface area (Å²) in [6.45, 7) is 0.618. The van der Waals surface area contributed by atoms with Crippen LogP contribution in [0.2, 0.25) is 0 Å². The predicted molar refractivity (Wildman–Crippen MR) is 75.4 cm³/mol. The Bertz CT molecular complexity index is 609. The fraction of sp³-hybridized carbons (Fsp3) is 0.308. The molecule has 2 aromatic heterocycles. The van der Waals surface area contributed by atoms with Crippen LogP contribution in [-0.4, -0.2) is 34.2 Å². The van der Waals surface area contributed by atoms with Gasteiger partial charge in [0.15, 0.2) is 5.69 Å². The van der Waals surface area contributed by atoms with E-state index in [1.165, 1.54) is 13.2 Å². The van der Waals surface area contributed by atoms with Crippen molar-refractivity contribution in [3.05, 3.63) is 36.0 Å². The van der Waals surface area contributed by atoms with Gasteiger partial charge in [0.1, 0.15) is 11.6 Å². The molecule has 0 saturated heterocycles. The lowest BCUT2D eigenvalue weighted by Crippen LogP contribution is -2.13. The van der Waals surface area contributed by atoms with Gasteiger partial charge in [0.05, 0.1) is 12.8 Å². The molecule has 0 amide bonds. The second kappa shape index (κ2) is 6.05. The number of methoxy groups -OCH3 is 1. The van der Waals surface area contributed by atoms with Crippen LogP contribution < -0.4 is 11.1 Å². The SMILES string of the molecule is COC(=O)c1ccc(N)c(NCCc2nccn2C)n1. The molecule has 20 heavy (non-hydrogen) atoms. The van der Waals surface area contributed by atoms with E-state index >= 15 is 0 Å². The molecule has 0 bridgehead atoms. The van der Waals surface area contributed by atoms with Gasteiger partial charge >= 0.3 is 5.97 Å². The molecule has 7 heteroatoms. The minimum absolute atomic E-state index is 0.223. The number of imidazole rings is 1. The van der Waals surface area contributed by atoms with E-state index in [1.54, 1.807) is 12.3 Å². The fourth-order valence-corrected chi connectivity index (χ4v) is 1.76. The predicted octanol–water partition coefficient (Wildman–Crippen LogP) is 0.838. The van der Waals surface area contributed by atoms with Crippen LogP contribution in [0.5, 0.6) is 0 Å². The summed E-state index contributed by atoms with van der Waals surface area (Å²) in [5.41, 5.74) is 6.53. The zero-order chi connectivity index (χ0) is 14.5. The first kappa shape index (κ1) is 13.9. The molecule has 0 aromatic carbocycles. The molecule has 0 spiro atoms. The number of pyridine rings is 1. The summed E-state index contributed by atoms with van der Waals surface area (Å²) in [5.74, 6) is 0.944. The van der Waals surface area contributed by atoms with Crippen molar-refractivity contribution in [2.24, 2.45) is 7.05 Å². The van der Waals surface area contributed by atoms with E-state index in [0.717, 1.165) is 12.2 Å². The number of anilines is 2. The van der Waals surface area contributed by atoms with Crippen LogP contribution in [0.4, 0.5) is 11.5 Å². The third-order valence-electron chi connectivity index (χ3n) is 2.88. The van der Waals surface area contributed by atoms with Gasteiger partial charge < -0.3 is 20.4 Å². The Kier molecular flexibility index (Phi) is 4.19. The van der Waals surface area contributed by atoms with Crippen molar-refractivity contribution >= 4 is 17.5 Å². The highest BCUT2D eigenvalue weighted by atomic mass is 16.5. The monoisotopic (exact) mass is 275 g/mol. The lowest BCUT2D eigenvalue weighted by molar-refractivity contribution is 0.0594. The highest BCUT2D eigenvalue weighted by Gasteiger charge is 2.10. The van der Waals surface area contributed by atoms with Gasteiger partial charge in [-0.3, -0.25) is 0 Å². The molecule has 106 valence electrons. The smallest absolute Gasteiger partial charge is 0.356 e. The number of aromatic nitrogens is 3. The Hall–Kier alpha value is -2.57. The summed E-state index contributed by atoms with van der Waals surface area (Å²) in [5, 5.41) is 3.10. The quantitative estimate of drug-likeness (QED) is 0.785. The second-order valence-corrected chi connectivity index (χ2v) is 4.26. The molecule has 0 aliphatic heterocycles. The Morgan fingerprint density at radius 2 is 2.30 bits per heavy atom. The van der Waals surface area contributed by atoms with Crippen molar-refractivity contribution in [3.63, 3.8) is 0 Å². The van der Waals surface area contributed by atoms with Gasteiger partial charge in [0.25, 0.3) is 0 Å². The molecule has 0 aliphatic rings. The van der Waals surface area contributed by atoms with Crippen molar-refractivity contribution in [2.75, 3.05) is 24.7 Å². The molecule has 2 aromatic rings. The lowest BCUT2D eigenvalue weighted by Gasteiger charge is -2.09. The maximum Gasteiger partial charge on any atom is 0.356 e. The third kappa shape index (κ3) is 3.05. The van der Waals surface area contributed by atoms with E-state index in [4.69, 9.17) is 5.73 Å². The minimum atomic E-state index is -0.489. The van der Waals surface area contributed by atoms with Gasteiger partial charge in [-0.1, -0.05) is 0 Å². The first-order chi connectivity index (χ1) is 9.61. The van der Waals surface area contributed by atoms with Crippen LogP contribution in [0.15, 0.2) is 24.5 Å². The molecule has 0 saturated carbocycles. The highest BCUT2D eigenvalue weighted by molar-refractivity contribution is 5.88. The molecule has 0 radical (unpaired) electrons. The Morgan fingerprint density at radius 1 is 1.50 bits per heavy atom. The van der Waals surface area contributed by atoms with Crippen LogP contribution in [0.3, 0.4) is 0 Å². The number of carbonyl (C=O) groups is 1. The molecule has 2 heterocycles. The van der Waals surface area contributed by atoms with Crippen LogP contribution in [0.1, 0.15) is 16.3 Å². The second-order valence-electron chi connectivity index (χ2n) is 4.26. The van der Waals surface area contributed by atoms with Crippen molar-refractivity contribution in [1.29, 1.82) is 0 Å². The topological polar surface area (TPSA) is 95.1 Å². The van der Waals surface area contributed by atoms with Crippen molar-refractivity contribution in [1.82, 2.24) is 14.5 Å². The lowest BCUT2D eigenvalue weighted by atomic mass is 10.3. The van der Waals surface area contributed by atoms with Gasteiger partial charge in [-0.15, -0.1) is 0 Å². The largest absolute Gasteiger partial charge is 0.464 e. The van der Waals surface area contributed by atoms with E-state index < -0.39 is 5.97 Å². The molecule has 0 unspecified atom stereocenters. The van der Waals surface area contributed by atoms with Gasteiger partial charge in [0.2, 0.25) is 0 Å². The number of hydrogen-bond acceptors (Lipinski definition) is 6. The van der Waals surface area contributed by atoms with Crippen molar-refractivity contribution in [2.45, 2.75) is 6.42 Å². The minimum Gasteiger partial charge on any atom is -0.464 e. The van der Waals surface area contributed by atoms with E-state index in [1.807, 2.05) is 17.8 Å². The fourth-order valence-electron chi connectivity index (χ4n) is 1.76. The molecule has 0 aliphatic carbocycles. The van der Waals surface area contributed by atoms with E-state index in [-0.39, 0.29) is 5.69 Å². The standard InChI is InChI=1S/C13H17N5O2/c1-18-8-7-15-11(18)5-6-16-12-9(14)3-4-10(17-12)13(19)20-2/h3-4,7-8H,5-6,14H2,1-2H3,(H,16,17). The van der Waals surface area contributed by atoms with Crippen LogP contribution in [0.25, 0.3) is 0 Å². The highest BCUT2D eigenvalue weighted by Crippen LogP contribution is 2.16. The van der Waals surface area contributed by atoms with Crippen molar-refractivity contribution < 1.29 is 9.53 Å². The first-order valence-electron chi connectivity index (χ1n) is 6.16. The molecule has 3 N–H and O–H groups in total. The number of nitrogens with zero attached hydrogens (tertiary/aromatic N) is 3. The Labute approximate surface area is 116 Å². The van der Waals surface area contributed by atoms with E-state index in [2.05, 4.69) is 20.0 Å². The van der Waals surface area contributed by atoms with Crippen LogP contribution in [0, 0.1) is 0 Å². The molecule has 2 rings (SSSR count). The first-order valence-corrected chi connectivity index (χ1v) is 6.16. The molecule has 0 fully saturated rings. The maximum absolute atomic E-state index is 11.4. The number of hydrogen-bond donors (Lipinski definition) is 2. The number of carbonyl (C=O) groups excluding carboxylic acids is 1. The number of rotatable bonds is 5. The summed E-state index contributed by atoms with van der Waals surface area (Å²) in [6, 6.07) is 3.16. The summed E-state index contributed by atoms with van der Waals surface area (Å²) in [4.78, 5) is 19.8. The molecule has 0 atom stereocenters. The summed E-state index contributed by atoms with van der Waals surface area (Å²) >= 11 is 0. The van der Waals surface area contributed by atoms with Crippen LogP contribution in [-0.2, 0) is 18.2 Å². The number of nitrogens with one attached hydrogen (secondary N) is 1. The van der Waals surface area contributed by atoms with Gasteiger partial charge in [-0.05, 0) is 12.1 Å². The van der Waals surface area contributed by atoms with E-state index in [9.17, 15) is 4.79 Å². The molecular formula is C13H17N5O2. The summed E-state index contributed by atoms with van der Waals surface area (Å²) in [6.07, 6.45) is 4.37. The zero-order valence-corrected chi connectivity index (χ0v) is 11.5. The molecular weight excluding hydrogens is 258 g/mol. The van der Waals surface area contributed by atoms with E-state index in [0.29, 0.717) is 18.1 Å². The Balaban J connectivity index is 2.02. The molecule has 7 nitrogen and oxygen atoms in total. The van der Waals surface area contributed by atoms with Gasteiger partial charge in [-0.2, -0.15) is 0 Å². The third-order valence-corrected chi connectivity index (χ3v) is 2.88. The summed E-state index contributed by atoms with van der Waals surface area (Å²) in [7, 11) is 3.25. The zero-order valence-electron chi connectivity index (χ0n) is 11.5. The number of nitrogen functional groups attached to an aromatic ring is 1. The number of esters is 1. The number of aryl methyl sites for hydroxylation is 1. The number of ether oxygens (including phenoxy) is 1. The number of nitrogens with two attached hydrogens (primary N) is 1. The Morgan fingerprint density at radius 3 is 2.95 bits per heavy atom. The normalized spacial score (nSPS) is 10.3. The van der Waals surface area contributed by atoms with Gasteiger partial charge in [-0.25, -0.2) is 14.8 Å². The maximum atomic E-state index is 11.4. The van der Waals surface area contributed by atoms with Gasteiger partial charge in [0, 0.05) is 32.4 Å². The van der Waals surface area contributed by atoms with Crippen molar-refractivity contribution in [3.8, 4) is 0 Å². The average Bonchev–Trinajstić information content (AvgIpc) is 2.85. The summed E-state index contributed by atoms with van der Waals surface area (Å²) < 4.78 is 6.57. The van der Waals surface area contributed by atoms with Crippen LogP contribution >= 0.6 is 0 Å².